The van der Waals surface area contributed by atoms with Crippen molar-refractivity contribution in [1.82, 2.24) is 9.88 Å². The Bertz CT molecular complexity index is 1020. The first-order valence-corrected chi connectivity index (χ1v) is 12.0. The second-order valence-electron chi connectivity index (χ2n) is 8.51. The van der Waals surface area contributed by atoms with Gasteiger partial charge in [0.05, 0.1) is 17.8 Å². The summed E-state index contributed by atoms with van der Waals surface area (Å²) in [6.07, 6.45) is 3.60. The van der Waals surface area contributed by atoms with Crippen molar-refractivity contribution in [1.29, 1.82) is 0 Å². The minimum Gasteiger partial charge on any atom is -0.355 e. The highest BCUT2D eigenvalue weighted by Gasteiger charge is 2.19. The van der Waals surface area contributed by atoms with Crippen LogP contribution in [0.4, 0.5) is 11.5 Å². The Morgan fingerprint density at radius 2 is 1.79 bits per heavy atom. The van der Waals surface area contributed by atoms with Gasteiger partial charge in [-0.25, -0.2) is 4.98 Å². The SMILES string of the molecule is CCC(C(=O)Nc1ccc(N2CCCN(Cc3ccc(Cl)cc3)CC2)nc1)c1ccccc1. The van der Waals surface area contributed by atoms with Gasteiger partial charge in [0.1, 0.15) is 5.82 Å². The molecule has 0 radical (unpaired) electrons. The van der Waals surface area contributed by atoms with Crippen LogP contribution in [0.1, 0.15) is 36.8 Å². The third kappa shape index (κ3) is 6.34. The number of amides is 1. The minimum absolute atomic E-state index is 0.00543. The van der Waals surface area contributed by atoms with Crippen molar-refractivity contribution >= 4 is 29.0 Å². The lowest BCUT2D eigenvalue weighted by Crippen LogP contribution is -2.31. The highest BCUT2D eigenvalue weighted by Crippen LogP contribution is 2.23. The third-order valence-corrected chi connectivity index (χ3v) is 6.43. The van der Waals surface area contributed by atoms with Crippen molar-refractivity contribution in [2.75, 3.05) is 36.4 Å². The maximum Gasteiger partial charge on any atom is 0.231 e. The number of pyridine rings is 1. The molecule has 1 aromatic heterocycles. The van der Waals surface area contributed by atoms with E-state index < -0.39 is 0 Å². The molecule has 1 unspecified atom stereocenters. The molecule has 6 heteroatoms. The molecule has 1 atom stereocenters. The van der Waals surface area contributed by atoms with Gasteiger partial charge in [-0.15, -0.1) is 0 Å². The number of benzene rings is 2. The Morgan fingerprint density at radius 1 is 1.00 bits per heavy atom. The van der Waals surface area contributed by atoms with E-state index in [1.165, 1.54) is 5.56 Å². The summed E-state index contributed by atoms with van der Waals surface area (Å²) in [6.45, 7) is 6.92. The van der Waals surface area contributed by atoms with E-state index in [-0.39, 0.29) is 11.8 Å². The van der Waals surface area contributed by atoms with Crippen molar-refractivity contribution in [3.63, 3.8) is 0 Å². The van der Waals surface area contributed by atoms with Crippen molar-refractivity contribution in [2.45, 2.75) is 32.2 Å². The van der Waals surface area contributed by atoms with Gasteiger partial charge < -0.3 is 10.2 Å². The van der Waals surface area contributed by atoms with Crippen LogP contribution in [-0.4, -0.2) is 42.0 Å². The standard InChI is InChI=1S/C27H31ClN4O/c1-2-25(22-7-4-3-5-8-22)27(33)30-24-13-14-26(29-19-24)32-16-6-15-31(17-18-32)20-21-9-11-23(28)12-10-21/h3-5,7-14,19,25H,2,6,15-18,20H2,1H3,(H,30,33). The van der Waals surface area contributed by atoms with Gasteiger partial charge in [0.15, 0.2) is 0 Å². The molecule has 1 N–H and O–H groups in total. The fourth-order valence-corrected chi connectivity index (χ4v) is 4.47. The number of carbonyl (C=O) groups excluding carboxylic acids is 1. The molecule has 2 aromatic carbocycles. The molecule has 2 heterocycles. The van der Waals surface area contributed by atoms with Gasteiger partial charge >= 0.3 is 0 Å². The van der Waals surface area contributed by atoms with Crippen LogP contribution in [0.2, 0.25) is 5.02 Å². The molecule has 1 amide bonds. The van der Waals surface area contributed by atoms with E-state index in [2.05, 4.69) is 32.2 Å². The summed E-state index contributed by atoms with van der Waals surface area (Å²) in [5.74, 6) is 0.797. The lowest BCUT2D eigenvalue weighted by atomic mass is 9.95. The predicted molar refractivity (Wildman–Crippen MR) is 136 cm³/mol. The smallest absolute Gasteiger partial charge is 0.231 e. The molecule has 1 fully saturated rings. The molecule has 0 spiro atoms. The van der Waals surface area contributed by atoms with E-state index in [9.17, 15) is 4.79 Å². The molecule has 3 aromatic rings. The Kier molecular flexibility index (Phi) is 7.97. The fourth-order valence-electron chi connectivity index (χ4n) is 4.34. The number of halogens is 1. The first kappa shape index (κ1) is 23.3. The number of anilines is 2. The van der Waals surface area contributed by atoms with Gasteiger partial charge in [-0.1, -0.05) is 61.0 Å². The summed E-state index contributed by atoms with van der Waals surface area (Å²) in [5, 5.41) is 3.81. The second kappa shape index (κ2) is 11.3. The summed E-state index contributed by atoms with van der Waals surface area (Å²) < 4.78 is 0. The highest BCUT2D eigenvalue weighted by molar-refractivity contribution is 6.30. The molecule has 5 nitrogen and oxygen atoms in total. The minimum atomic E-state index is -0.164. The fraction of sp³-hybridized carbons (Fsp3) is 0.333. The molecule has 172 valence electrons. The number of hydrogen-bond donors (Lipinski definition) is 1. The molecule has 1 saturated heterocycles. The predicted octanol–water partition coefficient (Wildman–Crippen LogP) is 5.58. The van der Waals surface area contributed by atoms with Gasteiger partial charge in [0, 0.05) is 37.7 Å². The molecule has 4 rings (SSSR count). The van der Waals surface area contributed by atoms with E-state index in [4.69, 9.17) is 11.6 Å². The zero-order chi connectivity index (χ0) is 23.0. The molecule has 0 aliphatic carbocycles. The Labute approximate surface area is 201 Å². The zero-order valence-electron chi connectivity index (χ0n) is 19.1. The average Bonchev–Trinajstić information content (AvgIpc) is 3.08. The summed E-state index contributed by atoms with van der Waals surface area (Å²) in [4.78, 5) is 22.3. The Morgan fingerprint density at radius 3 is 2.48 bits per heavy atom. The molecular formula is C27H31ClN4O. The van der Waals surface area contributed by atoms with Crippen molar-refractivity contribution in [3.05, 3.63) is 89.1 Å². The van der Waals surface area contributed by atoms with Crippen molar-refractivity contribution in [3.8, 4) is 0 Å². The quantitative estimate of drug-likeness (QED) is 0.498. The van der Waals surface area contributed by atoms with Gasteiger partial charge in [0.2, 0.25) is 5.91 Å². The lowest BCUT2D eigenvalue weighted by Gasteiger charge is -2.23. The largest absolute Gasteiger partial charge is 0.355 e. The average molecular weight is 463 g/mol. The summed E-state index contributed by atoms with van der Waals surface area (Å²) in [6, 6.07) is 22.0. The van der Waals surface area contributed by atoms with Crippen LogP contribution in [0.5, 0.6) is 0 Å². The van der Waals surface area contributed by atoms with Gasteiger partial charge in [-0.05, 0) is 48.2 Å². The van der Waals surface area contributed by atoms with Crippen LogP contribution in [-0.2, 0) is 11.3 Å². The topological polar surface area (TPSA) is 48.5 Å². The maximum atomic E-state index is 12.8. The maximum absolute atomic E-state index is 12.8. The molecule has 1 aliphatic rings. The van der Waals surface area contributed by atoms with Crippen molar-refractivity contribution in [2.24, 2.45) is 0 Å². The Balaban J connectivity index is 1.33. The molecule has 33 heavy (non-hydrogen) atoms. The lowest BCUT2D eigenvalue weighted by molar-refractivity contribution is -0.117. The number of rotatable bonds is 7. The Hall–Kier alpha value is -2.89. The van der Waals surface area contributed by atoms with Crippen LogP contribution in [0, 0.1) is 0 Å². The van der Waals surface area contributed by atoms with E-state index >= 15 is 0 Å². The number of nitrogens with zero attached hydrogens (tertiary/aromatic N) is 3. The number of carbonyl (C=O) groups is 1. The van der Waals surface area contributed by atoms with E-state index in [1.807, 2.05) is 61.5 Å². The highest BCUT2D eigenvalue weighted by atomic mass is 35.5. The summed E-state index contributed by atoms with van der Waals surface area (Å²) in [5.41, 5.74) is 3.05. The molecule has 1 aliphatic heterocycles. The number of aromatic nitrogens is 1. The monoisotopic (exact) mass is 462 g/mol. The zero-order valence-corrected chi connectivity index (χ0v) is 19.8. The van der Waals surface area contributed by atoms with Crippen LogP contribution in [0.3, 0.4) is 0 Å². The molecular weight excluding hydrogens is 432 g/mol. The second-order valence-corrected chi connectivity index (χ2v) is 8.95. The van der Waals surface area contributed by atoms with Gasteiger partial charge in [-0.3, -0.25) is 9.69 Å². The summed E-state index contributed by atoms with van der Waals surface area (Å²) in [7, 11) is 0. The number of hydrogen-bond acceptors (Lipinski definition) is 4. The first-order valence-electron chi connectivity index (χ1n) is 11.7. The first-order chi connectivity index (χ1) is 16.1. The van der Waals surface area contributed by atoms with E-state index in [1.54, 1.807) is 6.20 Å². The number of nitrogens with one attached hydrogen (secondary N) is 1. The van der Waals surface area contributed by atoms with Gasteiger partial charge in [-0.2, -0.15) is 0 Å². The molecule has 0 saturated carbocycles. The third-order valence-electron chi connectivity index (χ3n) is 6.17. The van der Waals surface area contributed by atoms with Gasteiger partial charge in [0.25, 0.3) is 0 Å². The van der Waals surface area contributed by atoms with E-state index in [0.29, 0.717) is 0 Å². The van der Waals surface area contributed by atoms with Crippen LogP contribution < -0.4 is 10.2 Å². The van der Waals surface area contributed by atoms with Crippen LogP contribution in [0.15, 0.2) is 72.9 Å². The summed E-state index contributed by atoms with van der Waals surface area (Å²) >= 11 is 6.01. The van der Waals surface area contributed by atoms with Crippen molar-refractivity contribution < 1.29 is 4.79 Å². The van der Waals surface area contributed by atoms with E-state index in [0.717, 1.165) is 67.7 Å². The van der Waals surface area contributed by atoms with Crippen LogP contribution >= 0.6 is 11.6 Å². The van der Waals surface area contributed by atoms with Crippen LogP contribution in [0.25, 0.3) is 0 Å². The normalized spacial score (nSPS) is 15.6. The molecule has 0 bridgehead atoms.